The average molecular weight is 384 g/mol. The minimum absolute atomic E-state index is 0.140. The number of aliphatic imine (C=N–C) groups is 1. The van der Waals surface area contributed by atoms with Crippen LogP contribution in [0.5, 0.6) is 5.75 Å². The molecule has 23 heavy (non-hydrogen) atoms. The molecule has 0 aliphatic heterocycles. The topological polar surface area (TPSA) is 65.9 Å². The molecule has 0 radical (unpaired) electrons. The van der Waals surface area contributed by atoms with Crippen molar-refractivity contribution in [2.45, 2.75) is 51.3 Å². The van der Waals surface area contributed by atoms with Gasteiger partial charge in [-0.05, 0) is 50.8 Å². The Morgan fingerprint density at radius 1 is 1.35 bits per heavy atom. The molecular formula is C17H26BrN3O2. The van der Waals surface area contributed by atoms with Gasteiger partial charge in [-0.3, -0.25) is 0 Å². The predicted molar refractivity (Wildman–Crippen MR) is 96.9 cm³/mol. The van der Waals surface area contributed by atoms with Gasteiger partial charge < -0.3 is 20.5 Å². The molecule has 0 amide bonds. The van der Waals surface area contributed by atoms with Crippen LogP contribution in [0.2, 0.25) is 0 Å². The number of halogens is 1. The van der Waals surface area contributed by atoms with E-state index in [-0.39, 0.29) is 6.10 Å². The van der Waals surface area contributed by atoms with E-state index < -0.39 is 0 Å². The van der Waals surface area contributed by atoms with Crippen LogP contribution in [0.25, 0.3) is 0 Å². The molecule has 1 aliphatic rings. The molecule has 1 fully saturated rings. The van der Waals surface area contributed by atoms with Gasteiger partial charge >= 0.3 is 0 Å². The Morgan fingerprint density at radius 3 is 2.74 bits per heavy atom. The van der Waals surface area contributed by atoms with Gasteiger partial charge in [0.25, 0.3) is 0 Å². The van der Waals surface area contributed by atoms with Crippen molar-refractivity contribution in [3.63, 3.8) is 0 Å². The number of aliphatic hydroxyl groups excluding tert-OH is 1. The SMILES string of the molecule is CCNC(=NCc1cc(Br)ccc1OC)NC1CCC(O)CC1. The van der Waals surface area contributed by atoms with E-state index in [0.717, 1.165) is 54.0 Å². The van der Waals surface area contributed by atoms with Crippen LogP contribution in [0.4, 0.5) is 0 Å². The summed E-state index contributed by atoms with van der Waals surface area (Å²) in [5.41, 5.74) is 1.04. The summed E-state index contributed by atoms with van der Waals surface area (Å²) in [4.78, 5) is 4.68. The third kappa shape index (κ3) is 5.70. The second kappa shape index (κ2) is 9.13. The third-order valence-electron chi connectivity index (χ3n) is 4.03. The van der Waals surface area contributed by atoms with Crippen molar-refractivity contribution in [2.24, 2.45) is 4.99 Å². The maximum Gasteiger partial charge on any atom is 0.191 e. The summed E-state index contributed by atoms with van der Waals surface area (Å²) < 4.78 is 6.41. The van der Waals surface area contributed by atoms with Crippen LogP contribution in [-0.4, -0.2) is 36.9 Å². The number of hydrogen-bond donors (Lipinski definition) is 3. The number of methoxy groups -OCH3 is 1. The van der Waals surface area contributed by atoms with Gasteiger partial charge in [-0.25, -0.2) is 4.99 Å². The van der Waals surface area contributed by atoms with Crippen LogP contribution >= 0.6 is 15.9 Å². The lowest BCUT2D eigenvalue weighted by atomic mass is 9.93. The molecule has 128 valence electrons. The van der Waals surface area contributed by atoms with Crippen molar-refractivity contribution >= 4 is 21.9 Å². The molecule has 1 aliphatic carbocycles. The molecular weight excluding hydrogens is 358 g/mol. The smallest absolute Gasteiger partial charge is 0.191 e. The summed E-state index contributed by atoms with van der Waals surface area (Å²) >= 11 is 3.49. The fraction of sp³-hybridized carbons (Fsp3) is 0.588. The third-order valence-corrected chi connectivity index (χ3v) is 4.52. The molecule has 2 rings (SSSR count). The van der Waals surface area contributed by atoms with E-state index in [1.807, 2.05) is 18.2 Å². The number of nitrogens with one attached hydrogen (secondary N) is 2. The van der Waals surface area contributed by atoms with Crippen molar-refractivity contribution < 1.29 is 9.84 Å². The Balaban J connectivity index is 2.02. The first kappa shape index (κ1) is 18.1. The average Bonchev–Trinajstić information content (AvgIpc) is 2.55. The Morgan fingerprint density at radius 2 is 2.09 bits per heavy atom. The predicted octanol–water partition coefficient (Wildman–Crippen LogP) is 2.82. The molecule has 5 nitrogen and oxygen atoms in total. The zero-order valence-electron chi connectivity index (χ0n) is 13.8. The van der Waals surface area contributed by atoms with E-state index in [1.165, 1.54) is 0 Å². The summed E-state index contributed by atoms with van der Waals surface area (Å²) in [6.07, 6.45) is 3.53. The van der Waals surface area contributed by atoms with Crippen LogP contribution in [-0.2, 0) is 6.54 Å². The zero-order valence-corrected chi connectivity index (χ0v) is 15.4. The van der Waals surface area contributed by atoms with Gasteiger partial charge in [0.1, 0.15) is 5.75 Å². The number of nitrogens with zero attached hydrogens (tertiary/aromatic N) is 1. The van der Waals surface area contributed by atoms with Crippen molar-refractivity contribution in [2.75, 3.05) is 13.7 Å². The van der Waals surface area contributed by atoms with Crippen molar-refractivity contribution in [3.05, 3.63) is 28.2 Å². The number of ether oxygens (including phenoxy) is 1. The van der Waals surface area contributed by atoms with Crippen LogP contribution in [0.3, 0.4) is 0 Å². The Hall–Kier alpha value is -1.27. The van der Waals surface area contributed by atoms with Crippen molar-refractivity contribution in [1.82, 2.24) is 10.6 Å². The monoisotopic (exact) mass is 383 g/mol. The van der Waals surface area contributed by atoms with E-state index in [0.29, 0.717) is 12.6 Å². The van der Waals surface area contributed by atoms with Crippen LogP contribution in [0, 0.1) is 0 Å². The van der Waals surface area contributed by atoms with Gasteiger partial charge in [-0.2, -0.15) is 0 Å². The number of benzene rings is 1. The van der Waals surface area contributed by atoms with Gasteiger partial charge in [-0.1, -0.05) is 15.9 Å². The lowest BCUT2D eigenvalue weighted by molar-refractivity contribution is 0.120. The number of hydrogen-bond acceptors (Lipinski definition) is 3. The highest BCUT2D eigenvalue weighted by atomic mass is 79.9. The standard InChI is InChI=1S/C17H26BrN3O2/c1-3-19-17(21-14-5-7-15(22)8-6-14)20-11-12-10-13(18)4-9-16(12)23-2/h4,9-10,14-15,22H,3,5-8,11H2,1-2H3,(H2,19,20,21). The van der Waals surface area contributed by atoms with Crippen molar-refractivity contribution in [1.29, 1.82) is 0 Å². The van der Waals surface area contributed by atoms with Crippen LogP contribution < -0.4 is 15.4 Å². The highest BCUT2D eigenvalue weighted by molar-refractivity contribution is 9.10. The maximum atomic E-state index is 9.61. The second-order valence-corrected chi connectivity index (χ2v) is 6.72. The molecule has 0 unspecified atom stereocenters. The molecule has 0 spiro atoms. The maximum absolute atomic E-state index is 9.61. The van der Waals surface area contributed by atoms with Crippen LogP contribution in [0.15, 0.2) is 27.7 Å². The van der Waals surface area contributed by atoms with Gasteiger partial charge in [0.2, 0.25) is 0 Å². The molecule has 1 saturated carbocycles. The van der Waals surface area contributed by atoms with Crippen LogP contribution in [0.1, 0.15) is 38.2 Å². The quantitative estimate of drug-likeness (QED) is 0.540. The fourth-order valence-corrected chi connectivity index (χ4v) is 3.18. The Labute approximate surface area is 146 Å². The summed E-state index contributed by atoms with van der Waals surface area (Å²) in [6.45, 7) is 3.42. The molecule has 3 N–H and O–H groups in total. The summed E-state index contributed by atoms with van der Waals surface area (Å²) in [6, 6.07) is 6.31. The largest absolute Gasteiger partial charge is 0.496 e. The number of guanidine groups is 1. The molecule has 0 aromatic heterocycles. The van der Waals surface area contributed by atoms with E-state index in [1.54, 1.807) is 7.11 Å². The molecule has 0 bridgehead atoms. The molecule has 0 heterocycles. The highest BCUT2D eigenvalue weighted by Crippen LogP contribution is 2.23. The van der Waals surface area contributed by atoms with E-state index in [9.17, 15) is 5.11 Å². The first-order valence-electron chi connectivity index (χ1n) is 8.17. The van der Waals surface area contributed by atoms with Gasteiger partial charge in [-0.15, -0.1) is 0 Å². The second-order valence-electron chi connectivity index (χ2n) is 5.80. The lowest BCUT2D eigenvalue weighted by Crippen LogP contribution is -2.45. The molecule has 0 saturated heterocycles. The normalized spacial score (nSPS) is 21.8. The fourth-order valence-electron chi connectivity index (χ4n) is 2.77. The molecule has 6 heteroatoms. The molecule has 1 aromatic rings. The first-order chi connectivity index (χ1) is 11.1. The van der Waals surface area contributed by atoms with Crippen molar-refractivity contribution in [3.8, 4) is 5.75 Å². The summed E-state index contributed by atoms with van der Waals surface area (Å²) in [7, 11) is 1.67. The highest BCUT2D eigenvalue weighted by Gasteiger charge is 2.20. The summed E-state index contributed by atoms with van der Waals surface area (Å²) in [5, 5.41) is 16.4. The van der Waals surface area contributed by atoms with E-state index >= 15 is 0 Å². The number of aliphatic hydroxyl groups is 1. The minimum Gasteiger partial charge on any atom is -0.496 e. The molecule has 1 aromatic carbocycles. The Kier molecular flexibility index (Phi) is 7.17. The molecule has 0 atom stereocenters. The van der Waals surface area contributed by atoms with E-state index in [4.69, 9.17) is 4.74 Å². The van der Waals surface area contributed by atoms with Gasteiger partial charge in [0.05, 0.1) is 19.8 Å². The Bertz CT molecular complexity index is 529. The van der Waals surface area contributed by atoms with E-state index in [2.05, 4.69) is 38.5 Å². The van der Waals surface area contributed by atoms with Gasteiger partial charge in [0, 0.05) is 22.6 Å². The first-order valence-corrected chi connectivity index (χ1v) is 8.97. The summed E-state index contributed by atoms with van der Waals surface area (Å²) in [5.74, 6) is 1.66. The van der Waals surface area contributed by atoms with Gasteiger partial charge in [0.15, 0.2) is 5.96 Å². The number of rotatable bonds is 5. The lowest BCUT2D eigenvalue weighted by Gasteiger charge is -2.27. The minimum atomic E-state index is -0.140. The zero-order chi connectivity index (χ0) is 16.7.